The number of fused-ring (bicyclic) bond motifs is 1. The van der Waals surface area contributed by atoms with E-state index in [1.54, 1.807) is 26.2 Å². The van der Waals surface area contributed by atoms with Crippen molar-refractivity contribution in [2.24, 2.45) is 5.92 Å². The maximum absolute atomic E-state index is 12.2. The summed E-state index contributed by atoms with van der Waals surface area (Å²) in [5.41, 5.74) is -1.15. The van der Waals surface area contributed by atoms with Crippen LogP contribution in [0.5, 0.6) is 0 Å². The molecule has 0 bridgehead atoms. The number of imidazole rings is 1. The van der Waals surface area contributed by atoms with Crippen LogP contribution in [0.1, 0.15) is 20.3 Å². The Hall–Kier alpha value is -1.80. The standard InChI is InChI=1S/C13H15N3O4S/c1-13(2,20)8-6-5-7(21-12-14-3-4-15-12)9(11(18)19)16(6)10(8)17/h3-4,6,8,20H,5H2,1-2H3,(H,14,15)(H,18,19). The number of aliphatic carboxylic acids is 1. The predicted octanol–water partition coefficient (Wildman–Crippen LogP) is 0.800. The number of H-pyrrole nitrogens is 1. The minimum absolute atomic E-state index is 0.00639. The van der Waals surface area contributed by atoms with Crippen LogP contribution in [0.4, 0.5) is 0 Å². The van der Waals surface area contributed by atoms with Crippen LogP contribution in [0.2, 0.25) is 0 Å². The monoisotopic (exact) mass is 309 g/mol. The molecule has 8 heteroatoms. The second kappa shape index (κ2) is 4.60. The van der Waals surface area contributed by atoms with Gasteiger partial charge in [-0.05, 0) is 13.8 Å². The number of carbonyl (C=O) groups excluding carboxylic acids is 1. The van der Waals surface area contributed by atoms with Crippen molar-refractivity contribution in [2.45, 2.75) is 37.1 Å². The first-order valence-corrected chi connectivity index (χ1v) is 7.31. The van der Waals surface area contributed by atoms with Crippen LogP contribution in [0, 0.1) is 5.92 Å². The number of aromatic amines is 1. The van der Waals surface area contributed by atoms with Gasteiger partial charge in [0, 0.05) is 23.7 Å². The van der Waals surface area contributed by atoms with Crippen LogP contribution in [0.3, 0.4) is 0 Å². The molecule has 0 aliphatic carbocycles. The van der Waals surface area contributed by atoms with E-state index in [1.165, 1.54) is 16.7 Å². The molecule has 7 nitrogen and oxygen atoms in total. The molecule has 2 aliphatic heterocycles. The lowest BCUT2D eigenvalue weighted by molar-refractivity contribution is -0.169. The fourth-order valence-electron chi connectivity index (χ4n) is 2.96. The number of nitrogens with one attached hydrogen (secondary N) is 1. The zero-order valence-corrected chi connectivity index (χ0v) is 12.3. The van der Waals surface area contributed by atoms with Gasteiger partial charge in [-0.1, -0.05) is 11.8 Å². The summed E-state index contributed by atoms with van der Waals surface area (Å²) in [5.74, 6) is -2.03. The van der Waals surface area contributed by atoms with Crippen LogP contribution in [-0.2, 0) is 9.59 Å². The maximum Gasteiger partial charge on any atom is 0.353 e. The van der Waals surface area contributed by atoms with Crippen molar-refractivity contribution in [1.82, 2.24) is 14.9 Å². The molecule has 3 rings (SSSR count). The van der Waals surface area contributed by atoms with E-state index in [1.807, 2.05) is 0 Å². The van der Waals surface area contributed by atoms with E-state index in [4.69, 9.17) is 0 Å². The minimum Gasteiger partial charge on any atom is -0.477 e. The first-order chi connectivity index (χ1) is 9.80. The molecule has 1 aromatic rings. The summed E-state index contributed by atoms with van der Waals surface area (Å²) in [6, 6.07) is -0.291. The minimum atomic E-state index is -1.16. The quantitative estimate of drug-likeness (QED) is 0.710. The summed E-state index contributed by atoms with van der Waals surface area (Å²) in [7, 11) is 0. The number of thioether (sulfide) groups is 1. The highest BCUT2D eigenvalue weighted by Crippen LogP contribution is 2.49. The Bertz CT molecular complexity index is 632. The molecule has 0 saturated carbocycles. The van der Waals surface area contributed by atoms with E-state index in [9.17, 15) is 19.8 Å². The van der Waals surface area contributed by atoms with Gasteiger partial charge in [-0.25, -0.2) is 9.78 Å². The van der Waals surface area contributed by atoms with Crippen molar-refractivity contribution in [3.63, 3.8) is 0 Å². The molecule has 2 unspecified atom stereocenters. The van der Waals surface area contributed by atoms with Gasteiger partial charge in [0.2, 0.25) is 5.91 Å². The molecule has 2 aliphatic rings. The van der Waals surface area contributed by atoms with Gasteiger partial charge in [-0.3, -0.25) is 4.79 Å². The lowest BCUT2D eigenvalue weighted by Crippen LogP contribution is -2.65. The summed E-state index contributed by atoms with van der Waals surface area (Å²) in [5, 5.41) is 20.0. The van der Waals surface area contributed by atoms with Crippen molar-refractivity contribution in [2.75, 3.05) is 0 Å². The summed E-state index contributed by atoms with van der Waals surface area (Å²) in [4.78, 5) is 32.5. The molecule has 3 N–H and O–H groups in total. The molecule has 1 fully saturated rings. The third kappa shape index (κ3) is 2.14. The predicted molar refractivity (Wildman–Crippen MR) is 74.1 cm³/mol. The molecule has 1 aromatic heterocycles. The first-order valence-electron chi connectivity index (χ1n) is 6.50. The Morgan fingerprint density at radius 1 is 1.57 bits per heavy atom. The SMILES string of the molecule is CC(C)(O)C1C(=O)N2C(C(=O)O)=C(Sc3ncc[nH]3)CC12. The number of carboxylic acids is 1. The number of aromatic nitrogens is 2. The first kappa shape index (κ1) is 14.2. The second-order valence-electron chi connectivity index (χ2n) is 5.68. The summed E-state index contributed by atoms with van der Waals surface area (Å²) < 4.78 is 0. The highest BCUT2D eigenvalue weighted by Gasteiger charge is 2.59. The van der Waals surface area contributed by atoms with Crippen LogP contribution >= 0.6 is 11.8 Å². The van der Waals surface area contributed by atoms with E-state index in [2.05, 4.69) is 9.97 Å². The average Bonchev–Trinajstić information content (AvgIpc) is 2.94. The van der Waals surface area contributed by atoms with Crippen LogP contribution in [-0.4, -0.2) is 48.6 Å². The highest BCUT2D eigenvalue weighted by atomic mass is 32.2. The summed E-state index contributed by atoms with van der Waals surface area (Å²) >= 11 is 1.21. The van der Waals surface area contributed by atoms with Crippen molar-refractivity contribution < 1.29 is 19.8 Å². The third-order valence-corrected chi connectivity index (χ3v) is 4.80. The van der Waals surface area contributed by atoms with Crippen LogP contribution < -0.4 is 0 Å². The van der Waals surface area contributed by atoms with E-state index in [0.717, 1.165) is 0 Å². The topological polar surface area (TPSA) is 107 Å². The van der Waals surface area contributed by atoms with Gasteiger partial charge in [0.15, 0.2) is 5.16 Å². The number of β-lactam (4-membered cyclic amide) rings is 1. The molecule has 0 spiro atoms. The summed E-state index contributed by atoms with van der Waals surface area (Å²) in [6.07, 6.45) is 3.66. The van der Waals surface area contributed by atoms with Gasteiger partial charge < -0.3 is 20.1 Å². The van der Waals surface area contributed by atoms with E-state index in [0.29, 0.717) is 16.5 Å². The number of hydrogen-bond acceptors (Lipinski definition) is 5. The lowest BCUT2D eigenvalue weighted by Gasteiger charge is -2.48. The number of nitrogens with zero attached hydrogens (tertiary/aromatic N) is 2. The maximum atomic E-state index is 12.2. The Labute approximate surface area is 125 Å². The van der Waals surface area contributed by atoms with Gasteiger partial charge in [0.05, 0.1) is 17.6 Å². The van der Waals surface area contributed by atoms with Crippen molar-refractivity contribution in [1.29, 1.82) is 0 Å². The number of carboxylic acid groups (broad SMARTS) is 1. The average molecular weight is 309 g/mol. The molecular weight excluding hydrogens is 294 g/mol. The number of amides is 1. The molecule has 1 saturated heterocycles. The third-order valence-electron chi connectivity index (χ3n) is 3.78. The molecule has 1 amide bonds. The number of hydrogen-bond donors (Lipinski definition) is 3. The van der Waals surface area contributed by atoms with Crippen LogP contribution in [0.15, 0.2) is 28.2 Å². The fraction of sp³-hybridized carbons (Fsp3) is 0.462. The Balaban J connectivity index is 1.91. The van der Waals surface area contributed by atoms with Crippen molar-refractivity contribution >= 4 is 23.6 Å². The molecule has 3 heterocycles. The molecule has 0 radical (unpaired) electrons. The zero-order valence-electron chi connectivity index (χ0n) is 11.5. The molecule has 112 valence electrons. The van der Waals surface area contributed by atoms with Crippen LogP contribution in [0.25, 0.3) is 0 Å². The van der Waals surface area contributed by atoms with Crippen molar-refractivity contribution in [3.05, 3.63) is 23.0 Å². The van der Waals surface area contributed by atoms with E-state index < -0.39 is 17.5 Å². The highest BCUT2D eigenvalue weighted by molar-refractivity contribution is 8.03. The van der Waals surface area contributed by atoms with Gasteiger partial charge in [-0.15, -0.1) is 0 Å². The van der Waals surface area contributed by atoms with E-state index >= 15 is 0 Å². The Kier molecular flexibility index (Phi) is 3.10. The number of aliphatic hydroxyl groups is 1. The number of carbonyl (C=O) groups is 2. The van der Waals surface area contributed by atoms with Crippen molar-refractivity contribution in [3.8, 4) is 0 Å². The van der Waals surface area contributed by atoms with Gasteiger partial charge in [0.25, 0.3) is 0 Å². The molecule has 2 atom stereocenters. The van der Waals surface area contributed by atoms with Gasteiger partial charge >= 0.3 is 5.97 Å². The molecule has 0 aromatic carbocycles. The molecular formula is C13H15N3O4S. The Morgan fingerprint density at radius 2 is 2.29 bits per heavy atom. The fourth-order valence-corrected chi connectivity index (χ4v) is 3.97. The smallest absolute Gasteiger partial charge is 0.353 e. The van der Waals surface area contributed by atoms with E-state index in [-0.39, 0.29) is 17.6 Å². The lowest BCUT2D eigenvalue weighted by atomic mass is 9.76. The molecule has 21 heavy (non-hydrogen) atoms. The second-order valence-corrected chi connectivity index (χ2v) is 6.77. The number of rotatable bonds is 4. The largest absolute Gasteiger partial charge is 0.477 e. The van der Waals surface area contributed by atoms with Gasteiger partial charge in [-0.2, -0.15) is 0 Å². The normalized spacial score (nSPS) is 25.1. The summed E-state index contributed by atoms with van der Waals surface area (Å²) in [6.45, 7) is 3.15. The zero-order chi connectivity index (χ0) is 15.4. The Morgan fingerprint density at radius 3 is 2.81 bits per heavy atom. The van der Waals surface area contributed by atoms with Gasteiger partial charge in [0.1, 0.15) is 5.70 Å².